The van der Waals surface area contributed by atoms with Crippen molar-refractivity contribution in [2.45, 2.75) is 30.6 Å². The molecule has 0 radical (unpaired) electrons. The van der Waals surface area contributed by atoms with Crippen LogP contribution in [0.3, 0.4) is 0 Å². The van der Waals surface area contributed by atoms with Crippen molar-refractivity contribution >= 4 is 21.4 Å². The Hall–Kier alpha value is 0.200. The molecule has 11 heavy (non-hydrogen) atoms. The Morgan fingerprint density at radius 2 is 2.00 bits per heavy atom. The van der Waals surface area contributed by atoms with E-state index in [2.05, 4.69) is 0 Å². The zero-order valence-electron chi connectivity index (χ0n) is 6.83. The molecule has 0 bridgehead atoms. The second-order valence-electron chi connectivity index (χ2n) is 2.59. The van der Waals surface area contributed by atoms with Crippen LogP contribution in [0.5, 0.6) is 0 Å². The highest BCUT2D eigenvalue weighted by molar-refractivity contribution is 7.93. The average molecular weight is 201 g/mol. The maximum atomic E-state index is 11.0. The second-order valence-corrected chi connectivity index (χ2v) is 5.76. The Morgan fingerprint density at radius 1 is 1.64 bits per heavy atom. The predicted octanol–water partition coefficient (Wildman–Crippen LogP) is 0.757. The van der Waals surface area contributed by atoms with Crippen molar-refractivity contribution in [3.63, 3.8) is 0 Å². The van der Waals surface area contributed by atoms with Crippen molar-refractivity contribution in [1.82, 2.24) is 0 Å². The van der Waals surface area contributed by atoms with E-state index < -0.39 is 20.1 Å². The van der Waals surface area contributed by atoms with E-state index in [1.54, 1.807) is 6.92 Å². The van der Waals surface area contributed by atoms with Gasteiger partial charge >= 0.3 is 0 Å². The molecule has 0 aliphatic heterocycles. The first-order chi connectivity index (χ1) is 4.75. The predicted molar refractivity (Wildman–Crippen MR) is 45.4 cm³/mol. The van der Waals surface area contributed by atoms with Gasteiger partial charge in [-0.25, -0.2) is 8.42 Å². The van der Waals surface area contributed by atoms with E-state index in [0.717, 1.165) is 6.26 Å². The number of aliphatic hydroxyl groups excluding tert-OH is 1. The third-order valence-corrected chi connectivity index (χ3v) is 5.01. The molecular formula is C6H13ClO3S. The number of hydrogen-bond donors (Lipinski definition) is 1. The van der Waals surface area contributed by atoms with Gasteiger partial charge in [0.15, 0.2) is 14.0 Å². The molecule has 0 aromatic carbocycles. The Morgan fingerprint density at radius 3 is 2.00 bits per heavy atom. The van der Waals surface area contributed by atoms with Crippen molar-refractivity contribution < 1.29 is 13.5 Å². The molecule has 0 saturated carbocycles. The van der Waals surface area contributed by atoms with E-state index in [1.807, 2.05) is 0 Å². The van der Waals surface area contributed by atoms with E-state index in [9.17, 15) is 8.42 Å². The maximum absolute atomic E-state index is 11.0. The van der Waals surface area contributed by atoms with E-state index in [0.29, 0.717) is 0 Å². The van der Waals surface area contributed by atoms with Gasteiger partial charge in [-0.05, 0) is 13.3 Å². The molecule has 0 rings (SSSR count). The van der Waals surface area contributed by atoms with Crippen LogP contribution in [-0.4, -0.2) is 30.1 Å². The smallest absolute Gasteiger partial charge is 0.170 e. The lowest BCUT2D eigenvalue weighted by molar-refractivity contribution is 0.172. The number of hydrogen-bond acceptors (Lipinski definition) is 3. The van der Waals surface area contributed by atoms with Crippen LogP contribution in [0.1, 0.15) is 20.3 Å². The van der Waals surface area contributed by atoms with Crippen molar-refractivity contribution in [3.05, 3.63) is 0 Å². The lowest BCUT2D eigenvalue weighted by Gasteiger charge is -2.26. The lowest BCUT2D eigenvalue weighted by Crippen LogP contribution is -2.41. The highest BCUT2D eigenvalue weighted by atomic mass is 35.5. The molecule has 0 fully saturated rings. The highest BCUT2D eigenvalue weighted by Gasteiger charge is 2.41. The van der Waals surface area contributed by atoms with Gasteiger partial charge in [-0.1, -0.05) is 18.5 Å². The minimum absolute atomic E-state index is 0.199. The standard InChI is InChI=1S/C6H13ClO3S/c1-4-6(7,5(2)8)11(3,9)10/h5,8H,4H2,1-3H3. The normalized spacial score (nSPS) is 20.8. The molecule has 2 atom stereocenters. The maximum Gasteiger partial charge on any atom is 0.170 e. The zero-order chi connectivity index (χ0) is 9.28. The number of rotatable bonds is 3. The van der Waals surface area contributed by atoms with Crippen molar-refractivity contribution in [2.24, 2.45) is 0 Å². The average Bonchev–Trinajstić information content (AvgIpc) is 1.83. The van der Waals surface area contributed by atoms with E-state index in [-0.39, 0.29) is 6.42 Å². The molecule has 0 spiro atoms. The van der Waals surface area contributed by atoms with Crippen LogP contribution < -0.4 is 0 Å². The summed E-state index contributed by atoms with van der Waals surface area (Å²) in [6.07, 6.45) is 0.172. The number of alkyl halides is 1. The van der Waals surface area contributed by atoms with Gasteiger partial charge in [0, 0.05) is 6.26 Å². The first-order valence-electron chi connectivity index (χ1n) is 3.32. The molecule has 3 nitrogen and oxygen atoms in total. The summed E-state index contributed by atoms with van der Waals surface area (Å²) in [4.78, 5) is 0. The van der Waals surface area contributed by atoms with Crippen LogP contribution in [-0.2, 0) is 9.84 Å². The van der Waals surface area contributed by atoms with Crippen LogP contribution in [0, 0.1) is 0 Å². The fraction of sp³-hybridized carbons (Fsp3) is 1.00. The third kappa shape index (κ3) is 2.07. The Labute approximate surface area is 72.3 Å². The first-order valence-corrected chi connectivity index (χ1v) is 5.59. The summed E-state index contributed by atoms with van der Waals surface area (Å²) in [6.45, 7) is 3.00. The fourth-order valence-corrected chi connectivity index (χ4v) is 2.01. The van der Waals surface area contributed by atoms with Gasteiger partial charge < -0.3 is 5.11 Å². The summed E-state index contributed by atoms with van der Waals surface area (Å²) >= 11 is 5.70. The first kappa shape index (κ1) is 11.2. The molecule has 1 N–H and O–H groups in total. The van der Waals surface area contributed by atoms with Crippen LogP contribution >= 0.6 is 11.6 Å². The minimum atomic E-state index is -3.40. The lowest BCUT2D eigenvalue weighted by atomic mass is 10.2. The summed E-state index contributed by atoms with van der Waals surface area (Å²) in [5.74, 6) is 0. The quantitative estimate of drug-likeness (QED) is 0.685. The molecule has 5 heteroatoms. The topological polar surface area (TPSA) is 54.4 Å². The summed E-state index contributed by atoms with van der Waals surface area (Å²) in [7, 11) is -3.40. The molecular weight excluding hydrogens is 188 g/mol. The number of halogens is 1. The van der Waals surface area contributed by atoms with Gasteiger partial charge in [-0.2, -0.15) is 0 Å². The molecule has 0 aliphatic carbocycles. The monoisotopic (exact) mass is 200 g/mol. The van der Waals surface area contributed by atoms with Gasteiger partial charge in [0.05, 0.1) is 6.10 Å². The zero-order valence-corrected chi connectivity index (χ0v) is 8.41. The molecule has 0 aromatic heterocycles. The van der Waals surface area contributed by atoms with Crippen molar-refractivity contribution in [2.75, 3.05) is 6.26 Å². The largest absolute Gasteiger partial charge is 0.390 e. The molecule has 0 aromatic rings. The molecule has 0 aliphatic rings. The van der Waals surface area contributed by atoms with Crippen LogP contribution in [0.4, 0.5) is 0 Å². The van der Waals surface area contributed by atoms with E-state index in [1.165, 1.54) is 6.92 Å². The summed E-state index contributed by atoms with van der Waals surface area (Å²) in [5.41, 5.74) is 0. The Kier molecular flexibility index (Phi) is 3.35. The van der Waals surface area contributed by atoms with E-state index in [4.69, 9.17) is 16.7 Å². The number of sulfone groups is 1. The highest BCUT2D eigenvalue weighted by Crippen LogP contribution is 2.29. The Bertz CT molecular complexity index is 222. The van der Waals surface area contributed by atoms with Crippen molar-refractivity contribution in [1.29, 1.82) is 0 Å². The molecule has 2 unspecified atom stereocenters. The molecule has 0 amide bonds. The van der Waals surface area contributed by atoms with Gasteiger partial charge in [-0.3, -0.25) is 0 Å². The van der Waals surface area contributed by atoms with Gasteiger partial charge in [-0.15, -0.1) is 0 Å². The van der Waals surface area contributed by atoms with Gasteiger partial charge in [0.1, 0.15) is 0 Å². The summed E-state index contributed by atoms with van der Waals surface area (Å²) in [5, 5.41) is 9.10. The van der Waals surface area contributed by atoms with Crippen molar-refractivity contribution in [3.8, 4) is 0 Å². The second kappa shape index (κ2) is 3.29. The SMILES string of the molecule is CCC(Cl)(C(C)O)S(C)(=O)=O. The molecule has 0 heterocycles. The van der Waals surface area contributed by atoms with Crippen LogP contribution in [0.15, 0.2) is 0 Å². The fourth-order valence-electron chi connectivity index (χ4n) is 0.867. The summed E-state index contributed by atoms with van der Waals surface area (Å²) < 4.78 is 20.5. The number of aliphatic hydroxyl groups is 1. The summed E-state index contributed by atoms with van der Waals surface area (Å²) in [6, 6.07) is 0. The minimum Gasteiger partial charge on any atom is -0.390 e. The third-order valence-electron chi connectivity index (χ3n) is 1.72. The molecule has 68 valence electrons. The van der Waals surface area contributed by atoms with Crippen LogP contribution in [0.2, 0.25) is 0 Å². The van der Waals surface area contributed by atoms with Gasteiger partial charge in [0.25, 0.3) is 0 Å². The molecule has 0 saturated heterocycles. The Balaban J connectivity index is 4.92. The van der Waals surface area contributed by atoms with E-state index >= 15 is 0 Å². The van der Waals surface area contributed by atoms with Crippen LogP contribution in [0.25, 0.3) is 0 Å². The van der Waals surface area contributed by atoms with Gasteiger partial charge in [0.2, 0.25) is 0 Å².